The summed E-state index contributed by atoms with van der Waals surface area (Å²) in [6, 6.07) is 0.856. The van der Waals surface area contributed by atoms with Crippen molar-refractivity contribution in [3.8, 4) is 0 Å². The van der Waals surface area contributed by atoms with Crippen LogP contribution in [-0.4, -0.2) is 12.6 Å². The zero-order valence-corrected chi connectivity index (χ0v) is 9.86. The molecule has 1 fully saturated rings. The van der Waals surface area contributed by atoms with E-state index in [1.54, 1.807) is 0 Å². The van der Waals surface area contributed by atoms with Crippen LogP contribution in [-0.2, 0) is 0 Å². The Morgan fingerprint density at radius 3 is 2.50 bits per heavy atom. The molecule has 1 heterocycles. The molecule has 1 rings (SSSR count). The highest BCUT2D eigenvalue weighted by Crippen LogP contribution is 2.14. The van der Waals surface area contributed by atoms with Crippen LogP contribution in [0.4, 0.5) is 0 Å². The molecule has 1 nitrogen and oxygen atoms in total. The number of unbranched alkanes of at least 4 members (excludes halogenated alkanes) is 5. The van der Waals surface area contributed by atoms with Crippen LogP contribution in [0.1, 0.15) is 71.1 Å². The minimum Gasteiger partial charge on any atom is -0.314 e. The monoisotopic (exact) mass is 197 g/mol. The van der Waals surface area contributed by atoms with Crippen molar-refractivity contribution in [1.82, 2.24) is 5.32 Å². The lowest BCUT2D eigenvalue weighted by molar-refractivity contribution is 0.370. The summed E-state index contributed by atoms with van der Waals surface area (Å²) in [6.45, 7) is 3.55. The SMILES string of the molecule is CCCCCCCC[C@H]1CCCCN1. The van der Waals surface area contributed by atoms with Gasteiger partial charge in [0.1, 0.15) is 0 Å². The van der Waals surface area contributed by atoms with Gasteiger partial charge in [0.05, 0.1) is 0 Å². The van der Waals surface area contributed by atoms with E-state index in [-0.39, 0.29) is 0 Å². The maximum absolute atomic E-state index is 3.62. The first-order valence-corrected chi connectivity index (χ1v) is 6.67. The predicted molar refractivity (Wildman–Crippen MR) is 63.6 cm³/mol. The van der Waals surface area contributed by atoms with Gasteiger partial charge in [0.15, 0.2) is 0 Å². The maximum Gasteiger partial charge on any atom is 0.00670 e. The Bertz CT molecular complexity index is 116. The summed E-state index contributed by atoms with van der Waals surface area (Å²) in [7, 11) is 0. The molecular formula is C13H27N. The van der Waals surface area contributed by atoms with Crippen LogP contribution >= 0.6 is 0 Å². The van der Waals surface area contributed by atoms with Crippen molar-refractivity contribution in [3.05, 3.63) is 0 Å². The molecule has 0 saturated carbocycles. The highest BCUT2D eigenvalue weighted by molar-refractivity contribution is 4.71. The lowest BCUT2D eigenvalue weighted by Crippen LogP contribution is -2.33. The van der Waals surface area contributed by atoms with Gasteiger partial charge in [-0.15, -0.1) is 0 Å². The number of hydrogen-bond donors (Lipinski definition) is 1. The first kappa shape index (κ1) is 12.0. The number of piperidine rings is 1. The largest absolute Gasteiger partial charge is 0.314 e. The summed E-state index contributed by atoms with van der Waals surface area (Å²) in [6.07, 6.45) is 14.3. The van der Waals surface area contributed by atoms with Gasteiger partial charge in [0.25, 0.3) is 0 Å². The Kier molecular flexibility index (Phi) is 7.12. The topological polar surface area (TPSA) is 12.0 Å². The molecule has 0 amide bonds. The van der Waals surface area contributed by atoms with Gasteiger partial charge in [-0.05, 0) is 25.8 Å². The van der Waals surface area contributed by atoms with E-state index in [4.69, 9.17) is 0 Å². The van der Waals surface area contributed by atoms with Crippen LogP contribution in [0.2, 0.25) is 0 Å². The fraction of sp³-hybridized carbons (Fsp3) is 1.00. The first-order valence-electron chi connectivity index (χ1n) is 6.67. The van der Waals surface area contributed by atoms with Gasteiger partial charge in [-0.2, -0.15) is 0 Å². The maximum atomic E-state index is 3.62. The molecular weight excluding hydrogens is 170 g/mol. The molecule has 1 saturated heterocycles. The molecule has 0 aromatic carbocycles. The first-order chi connectivity index (χ1) is 6.93. The molecule has 1 aliphatic heterocycles. The molecule has 0 aliphatic carbocycles. The summed E-state index contributed by atoms with van der Waals surface area (Å²) in [5, 5.41) is 3.62. The molecule has 1 heteroatoms. The molecule has 0 radical (unpaired) electrons. The highest BCUT2D eigenvalue weighted by atomic mass is 14.9. The van der Waals surface area contributed by atoms with Crippen molar-refractivity contribution in [2.75, 3.05) is 6.54 Å². The normalized spacial score (nSPS) is 22.5. The summed E-state index contributed by atoms with van der Waals surface area (Å²) >= 11 is 0. The second-order valence-corrected chi connectivity index (χ2v) is 4.70. The van der Waals surface area contributed by atoms with Gasteiger partial charge in [-0.3, -0.25) is 0 Å². The standard InChI is InChI=1S/C13H27N/c1-2-3-4-5-6-7-10-13-11-8-9-12-14-13/h13-14H,2-12H2,1H3/t13-/m0/s1. The van der Waals surface area contributed by atoms with E-state index in [1.807, 2.05) is 0 Å². The number of hydrogen-bond acceptors (Lipinski definition) is 1. The van der Waals surface area contributed by atoms with Gasteiger partial charge >= 0.3 is 0 Å². The summed E-state index contributed by atoms with van der Waals surface area (Å²) in [4.78, 5) is 0. The second-order valence-electron chi connectivity index (χ2n) is 4.70. The summed E-state index contributed by atoms with van der Waals surface area (Å²) in [5.74, 6) is 0. The van der Waals surface area contributed by atoms with Crippen LogP contribution < -0.4 is 5.32 Å². The average Bonchev–Trinajstić information content (AvgIpc) is 2.25. The Hall–Kier alpha value is -0.0400. The van der Waals surface area contributed by atoms with E-state index in [2.05, 4.69) is 12.2 Å². The minimum atomic E-state index is 0.856. The molecule has 0 unspecified atom stereocenters. The lowest BCUT2D eigenvalue weighted by Gasteiger charge is -2.23. The average molecular weight is 197 g/mol. The smallest absolute Gasteiger partial charge is 0.00670 e. The van der Waals surface area contributed by atoms with Gasteiger partial charge < -0.3 is 5.32 Å². The molecule has 84 valence electrons. The van der Waals surface area contributed by atoms with Crippen molar-refractivity contribution in [3.63, 3.8) is 0 Å². The van der Waals surface area contributed by atoms with Crippen LogP contribution in [0.25, 0.3) is 0 Å². The van der Waals surface area contributed by atoms with Crippen LogP contribution in [0.15, 0.2) is 0 Å². The van der Waals surface area contributed by atoms with E-state index in [1.165, 1.54) is 70.8 Å². The molecule has 1 aliphatic rings. The molecule has 1 atom stereocenters. The van der Waals surface area contributed by atoms with Gasteiger partial charge in [-0.1, -0.05) is 51.9 Å². The Morgan fingerprint density at radius 1 is 1.00 bits per heavy atom. The summed E-state index contributed by atoms with van der Waals surface area (Å²) in [5.41, 5.74) is 0. The third-order valence-corrected chi connectivity index (χ3v) is 3.32. The number of nitrogens with one attached hydrogen (secondary N) is 1. The van der Waals surface area contributed by atoms with E-state index < -0.39 is 0 Å². The molecule has 0 bridgehead atoms. The van der Waals surface area contributed by atoms with Crippen molar-refractivity contribution in [2.24, 2.45) is 0 Å². The quantitative estimate of drug-likeness (QED) is 0.611. The summed E-state index contributed by atoms with van der Waals surface area (Å²) < 4.78 is 0. The van der Waals surface area contributed by atoms with Gasteiger partial charge in [0, 0.05) is 6.04 Å². The van der Waals surface area contributed by atoms with E-state index in [9.17, 15) is 0 Å². The molecule has 0 aromatic rings. The lowest BCUT2D eigenvalue weighted by atomic mass is 9.98. The predicted octanol–water partition coefficient (Wildman–Crippen LogP) is 3.88. The minimum absolute atomic E-state index is 0.856. The highest BCUT2D eigenvalue weighted by Gasteiger charge is 2.10. The number of rotatable bonds is 7. The van der Waals surface area contributed by atoms with Crippen molar-refractivity contribution < 1.29 is 0 Å². The fourth-order valence-corrected chi connectivity index (χ4v) is 2.34. The van der Waals surface area contributed by atoms with E-state index in [0.717, 1.165) is 6.04 Å². The van der Waals surface area contributed by atoms with E-state index in [0.29, 0.717) is 0 Å². The van der Waals surface area contributed by atoms with E-state index >= 15 is 0 Å². The molecule has 1 N–H and O–H groups in total. The molecule has 0 aromatic heterocycles. The van der Waals surface area contributed by atoms with Crippen molar-refractivity contribution in [2.45, 2.75) is 77.2 Å². The third kappa shape index (κ3) is 5.64. The van der Waals surface area contributed by atoms with Crippen molar-refractivity contribution >= 4 is 0 Å². The van der Waals surface area contributed by atoms with Crippen LogP contribution in [0.5, 0.6) is 0 Å². The van der Waals surface area contributed by atoms with Gasteiger partial charge in [0.2, 0.25) is 0 Å². The van der Waals surface area contributed by atoms with Crippen LogP contribution in [0, 0.1) is 0 Å². The van der Waals surface area contributed by atoms with Crippen molar-refractivity contribution in [1.29, 1.82) is 0 Å². The fourth-order valence-electron chi connectivity index (χ4n) is 2.34. The molecule has 0 spiro atoms. The Labute approximate surface area is 89.7 Å². The van der Waals surface area contributed by atoms with Crippen LogP contribution in [0.3, 0.4) is 0 Å². The zero-order valence-electron chi connectivity index (χ0n) is 9.86. The molecule has 14 heavy (non-hydrogen) atoms. The zero-order chi connectivity index (χ0) is 10.1. The Morgan fingerprint density at radius 2 is 1.79 bits per heavy atom. The third-order valence-electron chi connectivity index (χ3n) is 3.32. The Balaban J connectivity index is 1.82. The van der Waals surface area contributed by atoms with Gasteiger partial charge in [-0.25, -0.2) is 0 Å². The second kappa shape index (κ2) is 8.28.